The number of fused-ring (bicyclic) bond motifs is 4. The van der Waals surface area contributed by atoms with Crippen LogP contribution in [0.25, 0.3) is 67.4 Å². The molecule has 7 aromatic rings. The molecule has 0 amide bonds. The van der Waals surface area contributed by atoms with E-state index >= 15 is 4.79 Å². The van der Waals surface area contributed by atoms with Crippen LogP contribution in [0.3, 0.4) is 0 Å². The molecule has 48 heavy (non-hydrogen) atoms. The second-order valence-corrected chi connectivity index (χ2v) is 12.3. The number of carbonyl (C=O) groups is 2. The zero-order valence-corrected chi connectivity index (χ0v) is 26.0. The first-order valence-electron chi connectivity index (χ1n) is 16.2. The van der Waals surface area contributed by atoms with Gasteiger partial charge in [-0.1, -0.05) is 152 Å². The highest BCUT2D eigenvalue weighted by molar-refractivity contribution is 6.36. The van der Waals surface area contributed by atoms with Crippen LogP contribution in [0.1, 0.15) is 31.8 Å². The summed E-state index contributed by atoms with van der Waals surface area (Å²) >= 11 is 0. The van der Waals surface area contributed by atoms with Crippen LogP contribution in [0, 0.1) is 0 Å². The largest absolute Gasteiger partial charge is 0.289 e. The van der Waals surface area contributed by atoms with Gasteiger partial charge in [-0.3, -0.25) is 9.59 Å². The van der Waals surface area contributed by atoms with Gasteiger partial charge < -0.3 is 0 Å². The minimum absolute atomic E-state index is 0.126. The molecule has 0 fully saturated rings. The molecule has 0 saturated carbocycles. The van der Waals surface area contributed by atoms with E-state index in [-0.39, 0.29) is 11.6 Å². The molecule has 7 aromatic carbocycles. The molecule has 224 valence electrons. The van der Waals surface area contributed by atoms with Gasteiger partial charge in [0.15, 0.2) is 11.6 Å². The van der Waals surface area contributed by atoms with Crippen molar-refractivity contribution in [2.24, 2.45) is 0 Å². The maximum absolute atomic E-state index is 15.0. The van der Waals surface area contributed by atoms with Crippen LogP contribution >= 0.6 is 0 Å². The Morgan fingerprint density at radius 2 is 0.875 bits per heavy atom. The van der Waals surface area contributed by atoms with Gasteiger partial charge in [-0.05, 0) is 79.1 Å². The third-order valence-corrected chi connectivity index (χ3v) is 9.58. The molecule has 9 rings (SSSR count). The minimum Gasteiger partial charge on any atom is -0.289 e. The Bertz CT molecular complexity index is 2490. The van der Waals surface area contributed by atoms with Crippen molar-refractivity contribution in [2.45, 2.75) is 0 Å². The lowest BCUT2D eigenvalue weighted by atomic mass is 9.72. The van der Waals surface area contributed by atoms with Gasteiger partial charge in [0.2, 0.25) is 0 Å². The van der Waals surface area contributed by atoms with Gasteiger partial charge >= 0.3 is 0 Å². The third-order valence-electron chi connectivity index (χ3n) is 9.58. The monoisotopic (exact) mass is 612 g/mol. The molecule has 0 heterocycles. The molecule has 2 aliphatic rings. The van der Waals surface area contributed by atoms with E-state index in [0.29, 0.717) is 22.3 Å². The average molecular weight is 613 g/mol. The number of rotatable bonds is 4. The van der Waals surface area contributed by atoms with Gasteiger partial charge in [-0.2, -0.15) is 0 Å². The Hall–Kier alpha value is -6.38. The molecule has 0 atom stereocenters. The Morgan fingerprint density at radius 3 is 1.52 bits per heavy atom. The number of hydrogen-bond donors (Lipinski definition) is 0. The third kappa shape index (κ3) is 4.35. The fraction of sp³-hybridized carbons (Fsp3) is 0. The smallest absolute Gasteiger partial charge is 0.195 e. The summed E-state index contributed by atoms with van der Waals surface area (Å²) < 4.78 is 0. The van der Waals surface area contributed by atoms with Crippen LogP contribution < -0.4 is 0 Å². The fourth-order valence-electron chi connectivity index (χ4n) is 7.42. The minimum atomic E-state index is -0.128. The number of ketones is 2. The highest BCUT2D eigenvalue weighted by atomic mass is 16.1. The first-order valence-corrected chi connectivity index (χ1v) is 16.2. The lowest BCUT2D eigenvalue weighted by Crippen LogP contribution is -2.23. The van der Waals surface area contributed by atoms with E-state index < -0.39 is 0 Å². The molecule has 0 radical (unpaired) electrons. The van der Waals surface area contributed by atoms with Gasteiger partial charge in [0.1, 0.15) is 0 Å². The number of allylic oxidation sites excluding steroid dienone is 2. The van der Waals surface area contributed by atoms with Crippen molar-refractivity contribution in [1.29, 1.82) is 0 Å². The Labute approximate surface area is 279 Å². The van der Waals surface area contributed by atoms with Gasteiger partial charge in [-0.15, -0.1) is 0 Å². The SMILES string of the molecule is O=C1C2=Cc3c(c(-c4ccccc4)c4ccc(-c5ccccc5)cc4c3-c3ccccc3)C(=O)C2=Cc2cccc(-c3ccccc3)c21. The summed E-state index contributed by atoms with van der Waals surface area (Å²) in [6.07, 6.45) is 3.90. The summed E-state index contributed by atoms with van der Waals surface area (Å²) in [6.45, 7) is 0. The van der Waals surface area contributed by atoms with Crippen molar-refractivity contribution in [3.05, 3.63) is 191 Å². The summed E-state index contributed by atoms with van der Waals surface area (Å²) in [4.78, 5) is 29.7. The Morgan fingerprint density at radius 1 is 0.333 bits per heavy atom. The second kappa shape index (κ2) is 11.2. The zero-order valence-electron chi connectivity index (χ0n) is 26.0. The highest BCUT2D eigenvalue weighted by Gasteiger charge is 2.37. The van der Waals surface area contributed by atoms with Crippen molar-refractivity contribution in [3.8, 4) is 44.5 Å². The number of hydrogen-bond acceptors (Lipinski definition) is 2. The standard InChI is InChI=1S/C46H28O2/c47-45-39-28-40-41(31-18-9-3-10-19-31)37-26-33(29-14-5-1-6-15-29)24-25-36(37)42(32-20-11-4-12-21-32)44(40)46(48)38(39)27-34-22-13-23-35(43(34)45)30-16-7-2-8-17-30/h1-28H. The molecular weight excluding hydrogens is 585 g/mol. The predicted octanol–water partition coefficient (Wildman–Crippen LogP) is 11.4. The zero-order chi connectivity index (χ0) is 32.2. The van der Waals surface area contributed by atoms with Crippen LogP contribution in [0.5, 0.6) is 0 Å². The summed E-state index contributed by atoms with van der Waals surface area (Å²) in [5.74, 6) is -0.254. The normalized spacial score (nSPS) is 13.3. The second-order valence-electron chi connectivity index (χ2n) is 12.3. The van der Waals surface area contributed by atoms with E-state index in [9.17, 15) is 4.79 Å². The number of carbonyl (C=O) groups excluding carboxylic acids is 2. The first kappa shape index (κ1) is 27.9. The topological polar surface area (TPSA) is 34.1 Å². The van der Waals surface area contributed by atoms with Crippen molar-refractivity contribution in [3.63, 3.8) is 0 Å². The van der Waals surface area contributed by atoms with Crippen molar-refractivity contribution >= 4 is 34.5 Å². The summed E-state index contributed by atoms with van der Waals surface area (Å²) in [7, 11) is 0. The maximum atomic E-state index is 15.0. The van der Waals surface area contributed by atoms with Gasteiger partial charge in [-0.25, -0.2) is 0 Å². The molecule has 2 heteroatoms. The lowest BCUT2D eigenvalue weighted by molar-refractivity contribution is 0.0995. The van der Waals surface area contributed by atoms with E-state index in [1.54, 1.807) is 0 Å². The summed E-state index contributed by atoms with van der Waals surface area (Å²) in [5.41, 5.74) is 11.5. The predicted molar refractivity (Wildman–Crippen MR) is 197 cm³/mol. The molecule has 0 aromatic heterocycles. The lowest BCUT2D eigenvalue weighted by Gasteiger charge is -2.29. The quantitative estimate of drug-likeness (QED) is 0.198. The molecule has 2 aliphatic carbocycles. The molecule has 0 bridgehead atoms. The number of Topliss-reactive ketones (excluding diaryl/α,β-unsaturated/α-hetero) is 2. The van der Waals surface area contributed by atoms with Crippen molar-refractivity contribution in [1.82, 2.24) is 0 Å². The van der Waals surface area contributed by atoms with Gasteiger partial charge in [0, 0.05) is 27.8 Å². The van der Waals surface area contributed by atoms with Gasteiger partial charge in [0.25, 0.3) is 0 Å². The van der Waals surface area contributed by atoms with Gasteiger partial charge in [0.05, 0.1) is 0 Å². The molecule has 0 aliphatic heterocycles. The molecular formula is C46H28O2. The average Bonchev–Trinajstić information content (AvgIpc) is 3.15. The molecule has 0 saturated heterocycles. The maximum Gasteiger partial charge on any atom is 0.195 e. The van der Waals surface area contributed by atoms with E-state index in [1.165, 1.54) is 0 Å². The van der Waals surface area contributed by atoms with E-state index in [0.717, 1.165) is 66.4 Å². The molecule has 0 N–H and O–H groups in total. The Kier molecular flexibility index (Phi) is 6.48. The van der Waals surface area contributed by atoms with E-state index in [1.807, 2.05) is 115 Å². The number of benzene rings is 7. The summed E-state index contributed by atoms with van der Waals surface area (Å²) in [5, 5.41) is 2.03. The van der Waals surface area contributed by atoms with Crippen LogP contribution in [-0.4, -0.2) is 11.6 Å². The molecule has 0 spiro atoms. The fourth-order valence-corrected chi connectivity index (χ4v) is 7.42. The summed E-state index contributed by atoms with van der Waals surface area (Å²) in [6, 6.07) is 53.1. The van der Waals surface area contributed by atoms with Crippen LogP contribution in [0.4, 0.5) is 0 Å². The van der Waals surface area contributed by atoms with E-state index in [2.05, 4.69) is 54.6 Å². The van der Waals surface area contributed by atoms with Crippen LogP contribution in [0.2, 0.25) is 0 Å². The van der Waals surface area contributed by atoms with Crippen LogP contribution in [0.15, 0.2) is 169 Å². The Balaban J connectivity index is 1.39. The van der Waals surface area contributed by atoms with Crippen LogP contribution in [-0.2, 0) is 0 Å². The van der Waals surface area contributed by atoms with Crippen molar-refractivity contribution < 1.29 is 9.59 Å². The molecule has 2 nitrogen and oxygen atoms in total. The highest BCUT2D eigenvalue weighted by Crippen LogP contribution is 2.49. The van der Waals surface area contributed by atoms with Crippen molar-refractivity contribution in [2.75, 3.05) is 0 Å². The van der Waals surface area contributed by atoms with E-state index in [4.69, 9.17) is 0 Å². The molecule has 0 unspecified atom stereocenters. The first-order chi connectivity index (χ1) is 23.7.